The number of carboxylic acid groups (broad SMARTS) is 1. The van der Waals surface area contributed by atoms with Crippen LogP contribution < -0.4 is 0 Å². The number of aliphatic carboxylic acids is 1. The average Bonchev–Trinajstić information content (AvgIpc) is 3.28. The lowest BCUT2D eigenvalue weighted by atomic mass is 9.78. The second-order valence-electron chi connectivity index (χ2n) is 19.5. The molecule has 4 unspecified atom stereocenters. The maximum atomic E-state index is 13.6. The van der Waals surface area contributed by atoms with Crippen molar-refractivity contribution in [2.45, 2.75) is 180 Å². The van der Waals surface area contributed by atoms with Gasteiger partial charge in [-0.15, -0.1) is 0 Å². The summed E-state index contributed by atoms with van der Waals surface area (Å²) in [4.78, 5) is 66.2. The number of aliphatic hydroxyl groups excluding tert-OH is 3. The zero-order valence-corrected chi connectivity index (χ0v) is 41.1. The van der Waals surface area contributed by atoms with Crippen molar-refractivity contribution in [1.82, 2.24) is 4.90 Å². The van der Waals surface area contributed by atoms with Crippen molar-refractivity contribution in [3.8, 4) is 0 Å². The van der Waals surface area contributed by atoms with Crippen LogP contribution in [0.3, 0.4) is 0 Å². The summed E-state index contributed by atoms with van der Waals surface area (Å²) in [6.07, 6.45) is 12.2. The highest BCUT2D eigenvalue weighted by molar-refractivity contribution is 6.39. The van der Waals surface area contributed by atoms with Gasteiger partial charge in [0.25, 0.3) is 11.7 Å². The lowest BCUT2D eigenvalue weighted by molar-refractivity contribution is -0.265. The largest absolute Gasteiger partial charge is 0.480 e. The van der Waals surface area contributed by atoms with E-state index in [9.17, 15) is 49.5 Å². The lowest BCUT2D eigenvalue weighted by Crippen LogP contribution is -2.60. The Bertz CT molecular complexity index is 1740. The number of aliphatic hydroxyl groups is 4. The molecule has 0 aromatic rings. The van der Waals surface area contributed by atoms with Crippen LogP contribution in [-0.2, 0) is 42.9 Å². The number of carbonyl (C=O) groups is 5. The predicted octanol–water partition coefficient (Wildman–Crippen LogP) is 5.70. The van der Waals surface area contributed by atoms with Gasteiger partial charge in [0.2, 0.25) is 5.79 Å². The standard InChI is InChI=1S/C51H81NO14/c1-30(24-34(5)45(56)47(65-10)46(57)35(6)25-32(3)41(54)29-42(55)33(4)26-37-20-22-40(53)44(27-37)64-9)16-12-11-13-17-31(2)43(63-8)28-38-21-19-36(7)51(62,66-38)48(58)49(59)52-23-15-14-18-39(52)50(60)61/h11-13,16-17,25,30,32-34,36-40,42-44,46-47,53,55,57,62H,14-15,18-24,26-29H2,1-10H3,(H,60,61)/b13-11+,16-12+,31-17+,35-25-/t30?,32?,33-,34?,36-,37+,38+,39-,40-,42?,43+,44-,46-,47+,51-/m1/s1. The second kappa shape index (κ2) is 27.0. The van der Waals surface area contributed by atoms with E-state index in [0.717, 1.165) is 23.3 Å². The van der Waals surface area contributed by atoms with Crippen LogP contribution in [0, 0.1) is 35.5 Å². The van der Waals surface area contributed by atoms with Crippen LogP contribution >= 0.6 is 0 Å². The highest BCUT2D eigenvalue weighted by Crippen LogP contribution is 2.37. The monoisotopic (exact) mass is 932 g/mol. The van der Waals surface area contributed by atoms with Crippen molar-refractivity contribution < 1.29 is 68.5 Å². The molecular weight excluding hydrogens is 851 g/mol. The number of nitrogens with zero attached hydrogens (tertiary/aromatic N) is 1. The number of piperidine rings is 1. The molecule has 5 N–H and O–H groups in total. The highest BCUT2D eigenvalue weighted by atomic mass is 16.6. The Labute approximate surface area is 392 Å². The van der Waals surface area contributed by atoms with E-state index in [-0.39, 0.29) is 48.9 Å². The molecule has 0 radical (unpaired) electrons. The van der Waals surface area contributed by atoms with Gasteiger partial charge in [-0.2, -0.15) is 0 Å². The molecule has 15 nitrogen and oxygen atoms in total. The normalized spacial score (nSPS) is 29.5. The minimum atomic E-state index is -2.39. The van der Waals surface area contributed by atoms with Crippen LogP contribution in [0.2, 0.25) is 0 Å². The predicted molar refractivity (Wildman–Crippen MR) is 249 cm³/mol. The molecule has 1 amide bonds. The Balaban J connectivity index is 1.50. The number of likely N-dealkylation sites (tertiary alicyclic amines) is 1. The first-order chi connectivity index (χ1) is 31.1. The fourth-order valence-electron chi connectivity index (χ4n) is 9.76. The first-order valence-corrected chi connectivity index (χ1v) is 24.0. The number of allylic oxidation sites excluding steroid dienone is 6. The van der Waals surface area contributed by atoms with Crippen LogP contribution in [0.1, 0.15) is 126 Å². The van der Waals surface area contributed by atoms with E-state index in [1.165, 1.54) is 7.11 Å². The van der Waals surface area contributed by atoms with Crippen LogP contribution in [0.5, 0.6) is 0 Å². The molecule has 374 valence electrons. The summed E-state index contributed by atoms with van der Waals surface area (Å²) in [5.74, 6) is -7.74. The van der Waals surface area contributed by atoms with Gasteiger partial charge in [-0.1, -0.05) is 71.1 Å². The van der Waals surface area contributed by atoms with E-state index in [4.69, 9.17) is 18.9 Å². The summed E-state index contributed by atoms with van der Waals surface area (Å²) in [6.45, 7) is 12.7. The van der Waals surface area contributed by atoms with Crippen LogP contribution in [0.15, 0.2) is 47.6 Å². The van der Waals surface area contributed by atoms with E-state index in [2.05, 4.69) is 0 Å². The van der Waals surface area contributed by atoms with E-state index in [1.54, 1.807) is 48.0 Å². The molecule has 0 spiro atoms. The van der Waals surface area contributed by atoms with Crippen LogP contribution in [-0.4, -0.2) is 142 Å². The number of hydrogen-bond acceptors (Lipinski definition) is 13. The third-order valence-corrected chi connectivity index (χ3v) is 14.3. The third kappa shape index (κ3) is 15.8. The fraction of sp³-hybridized carbons (Fsp3) is 0.745. The Morgan fingerprint density at radius 3 is 2.21 bits per heavy atom. The third-order valence-electron chi connectivity index (χ3n) is 14.3. The van der Waals surface area contributed by atoms with E-state index in [1.807, 2.05) is 51.2 Å². The van der Waals surface area contributed by atoms with Gasteiger partial charge in [0.15, 0.2) is 5.78 Å². The van der Waals surface area contributed by atoms with Gasteiger partial charge < -0.3 is 49.4 Å². The number of carbonyl (C=O) groups excluding carboxylic acids is 4. The van der Waals surface area contributed by atoms with E-state index >= 15 is 0 Å². The summed E-state index contributed by atoms with van der Waals surface area (Å²) >= 11 is 0. The SMILES string of the molecule is CO[C@@H](C[C@@H]1CC[C@@H](C)[C@](O)(C(=O)C(=O)N2CCCC[C@@H]2C(=O)O)O1)/C(C)=C/C=C/C=C/C(C)CC(C)C(=O)[C@H](OC)[C@H](O)/C(C)=C\C(C)C(=O)CC(O)[C@H](C)C[C@@H]1CC[C@@H](O)[C@H](OC)C1. The first kappa shape index (κ1) is 56.9. The molecule has 2 saturated heterocycles. The van der Waals surface area contributed by atoms with Gasteiger partial charge in [-0.05, 0) is 107 Å². The molecule has 0 bridgehead atoms. The van der Waals surface area contributed by atoms with Gasteiger partial charge in [0.1, 0.15) is 24.0 Å². The maximum Gasteiger partial charge on any atom is 0.326 e. The summed E-state index contributed by atoms with van der Waals surface area (Å²) < 4.78 is 22.6. The lowest BCUT2D eigenvalue weighted by Gasteiger charge is -2.42. The van der Waals surface area contributed by atoms with Gasteiger partial charge in [-0.3, -0.25) is 19.2 Å². The number of carboxylic acids is 1. The number of amides is 1. The van der Waals surface area contributed by atoms with E-state index in [0.29, 0.717) is 62.9 Å². The van der Waals surface area contributed by atoms with E-state index < -0.39 is 83.9 Å². The summed E-state index contributed by atoms with van der Waals surface area (Å²) in [6, 6.07) is -1.12. The molecule has 3 rings (SSSR count). The summed E-state index contributed by atoms with van der Waals surface area (Å²) in [5.41, 5.74) is 1.29. The Kier molecular flexibility index (Phi) is 23.2. The van der Waals surface area contributed by atoms with Crippen molar-refractivity contribution in [3.63, 3.8) is 0 Å². The molecule has 15 atom stereocenters. The number of ether oxygens (including phenoxy) is 4. The van der Waals surface area contributed by atoms with Crippen LogP contribution in [0.25, 0.3) is 0 Å². The Morgan fingerprint density at radius 2 is 1.58 bits per heavy atom. The van der Waals surface area contributed by atoms with Gasteiger partial charge in [-0.25, -0.2) is 4.79 Å². The minimum Gasteiger partial charge on any atom is -0.480 e. The molecular formula is C51H81NO14. The van der Waals surface area contributed by atoms with Gasteiger partial charge in [0, 0.05) is 58.5 Å². The molecule has 3 fully saturated rings. The number of rotatable bonds is 25. The van der Waals surface area contributed by atoms with Gasteiger partial charge in [0.05, 0.1) is 30.5 Å². The van der Waals surface area contributed by atoms with Crippen molar-refractivity contribution >= 4 is 29.2 Å². The average molecular weight is 932 g/mol. The Hall–Kier alpha value is -3.41. The second-order valence-corrected chi connectivity index (χ2v) is 19.5. The molecule has 15 heteroatoms. The Morgan fingerprint density at radius 1 is 0.879 bits per heavy atom. The summed E-state index contributed by atoms with van der Waals surface area (Å²) in [5, 5.41) is 53.3. The molecule has 0 aromatic carbocycles. The number of hydrogen-bond donors (Lipinski definition) is 5. The molecule has 2 heterocycles. The summed E-state index contributed by atoms with van der Waals surface area (Å²) in [7, 11) is 4.52. The molecule has 2 aliphatic heterocycles. The zero-order chi connectivity index (χ0) is 49.5. The highest BCUT2D eigenvalue weighted by Gasteiger charge is 2.53. The smallest absolute Gasteiger partial charge is 0.326 e. The van der Waals surface area contributed by atoms with Crippen molar-refractivity contribution in [3.05, 3.63) is 47.6 Å². The zero-order valence-electron chi connectivity index (χ0n) is 41.1. The molecule has 3 aliphatic rings. The molecule has 66 heavy (non-hydrogen) atoms. The minimum absolute atomic E-state index is 0.00151. The molecule has 0 aromatic heterocycles. The molecule has 1 saturated carbocycles. The van der Waals surface area contributed by atoms with Crippen LogP contribution in [0.4, 0.5) is 0 Å². The number of Topliss-reactive ketones (excluding diaryl/α,β-unsaturated/α-hetero) is 3. The fourth-order valence-corrected chi connectivity index (χ4v) is 9.76. The number of methoxy groups -OCH3 is 3. The number of ketones is 3. The van der Waals surface area contributed by atoms with Gasteiger partial charge >= 0.3 is 5.97 Å². The quantitative estimate of drug-likeness (QED) is 0.0421. The van der Waals surface area contributed by atoms with Crippen molar-refractivity contribution in [2.24, 2.45) is 35.5 Å². The topological polar surface area (TPSA) is 227 Å². The first-order valence-electron chi connectivity index (χ1n) is 24.0. The molecule has 1 aliphatic carbocycles. The van der Waals surface area contributed by atoms with Crippen molar-refractivity contribution in [1.29, 1.82) is 0 Å². The van der Waals surface area contributed by atoms with Crippen molar-refractivity contribution in [2.75, 3.05) is 27.9 Å². The maximum absolute atomic E-state index is 13.6.